The van der Waals surface area contributed by atoms with Crippen LogP contribution in [0.25, 0.3) is 5.69 Å². The minimum atomic E-state index is 0.529. The third-order valence-electron chi connectivity index (χ3n) is 2.49. The Labute approximate surface area is 87.9 Å². The second-order valence-corrected chi connectivity index (χ2v) is 3.40. The van der Waals surface area contributed by atoms with Crippen molar-refractivity contribution in [1.29, 1.82) is 0 Å². The van der Waals surface area contributed by atoms with Crippen LogP contribution in [0, 0.1) is 13.8 Å². The van der Waals surface area contributed by atoms with Crippen molar-refractivity contribution in [3.8, 4) is 5.69 Å². The fourth-order valence-electron chi connectivity index (χ4n) is 1.57. The maximum absolute atomic E-state index is 5.65. The van der Waals surface area contributed by atoms with Crippen molar-refractivity contribution in [2.24, 2.45) is 5.73 Å². The molecular formula is C10H13N5. The SMILES string of the molecule is Cc1c(CN)cccc1-n1nnnc1C. The molecule has 0 saturated heterocycles. The van der Waals surface area contributed by atoms with Gasteiger partial charge in [-0.15, -0.1) is 5.10 Å². The van der Waals surface area contributed by atoms with Crippen LogP contribution in [0.2, 0.25) is 0 Å². The summed E-state index contributed by atoms with van der Waals surface area (Å²) in [4.78, 5) is 0. The average molecular weight is 203 g/mol. The van der Waals surface area contributed by atoms with E-state index in [1.807, 2.05) is 32.0 Å². The molecule has 1 aromatic heterocycles. The van der Waals surface area contributed by atoms with E-state index in [0.29, 0.717) is 6.54 Å². The maximum atomic E-state index is 5.65. The fraction of sp³-hybridized carbons (Fsp3) is 0.300. The van der Waals surface area contributed by atoms with E-state index >= 15 is 0 Å². The van der Waals surface area contributed by atoms with E-state index in [0.717, 1.165) is 22.6 Å². The number of hydrogen-bond acceptors (Lipinski definition) is 4. The Bertz CT molecular complexity index is 474. The predicted molar refractivity (Wildman–Crippen MR) is 56.5 cm³/mol. The molecule has 1 aromatic carbocycles. The van der Waals surface area contributed by atoms with Gasteiger partial charge in [-0.25, -0.2) is 0 Å². The van der Waals surface area contributed by atoms with Gasteiger partial charge in [0, 0.05) is 6.54 Å². The molecule has 5 nitrogen and oxygen atoms in total. The summed E-state index contributed by atoms with van der Waals surface area (Å²) in [6, 6.07) is 5.96. The van der Waals surface area contributed by atoms with Gasteiger partial charge in [0.25, 0.3) is 0 Å². The van der Waals surface area contributed by atoms with E-state index < -0.39 is 0 Å². The van der Waals surface area contributed by atoms with Crippen LogP contribution in [-0.4, -0.2) is 20.2 Å². The van der Waals surface area contributed by atoms with Crippen molar-refractivity contribution in [2.45, 2.75) is 20.4 Å². The van der Waals surface area contributed by atoms with E-state index in [1.54, 1.807) is 4.68 Å². The van der Waals surface area contributed by atoms with Crippen molar-refractivity contribution in [3.63, 3.8) is 0 Å². The Morgan fingerprint density at radius 1 is 1.33 bits per heavy atom. The van der Waals surface area contributed by atoms with Crippen molar-refractivity contribution < 1.29 is 0 Å². The second-order valence-electron chi connectivity index (χ2n) is 3.40. The topological polar surface area (TPSA) is 69.6 Å². The zero-order chi connectivity index (χ0) is 10.8. The summed E-state index contributed by atoms with van der Waals surface area (Å²) >= 11 is 0. The van der Waals surface area contributed by atoms with Crippen LogP contribution in [0.3, 0.4) is 0 Å². The highest BCUT2D eigenvalue weighted by atomic mass is 15.5. The standard InChI is InChI=1S/C10H13N5/c1-7-9(6-11)4-3-5-10(7)15-8(2)12-13-14-15/h3-5H,6,11H2,1-2H3. The summed E-state index contributed by atoms with van der Waals surface area (Å²) in [5.74, 6) is 0.771. The number of hydrogen-bond donors (Lipinski definition) is 1. The number of aryl methyl sites for hydroxylation is 1. The Kier molecular flexibility index (Phi) is 2.47. The fourth-order valence-corrected chi connectivity index (χ4v) is 1.57. The summed E-state index contributed by atoms with van der Waals surface area (Å²) in [7, 11) is 0. The van der Waals surface area contributed by atoms with Crippen LogP contribution >= 0.6 is 0 Å². The van der Waals surface area contributed by atoms with Gasteiger partial charge in [-0.3, -0.25) is 0 Å². The molecule has 78 valence electrons. The monoisotopic (exact) mass is 203 g/mol. The molecule has 2 N–H and O–H groups in total. The zero-order valence-electron chi connectivity index (χ0n) is 8.81. The highest BCUT2D eigenvalue weighted by Gasteiger charge is 2.08. The molecule has 0 aliphatic heterocycles. The molecule has 1 heterocycles. The summed E-state index contributed by atoms with van der Waals surface area (Å²) in [6.45, 7) is 4.42. The quantitative estimate of drug-likeness (QED) is 0.781. The molecule has 0 atom stereocenters. The van der Waals surface area contributed by atoms with Gasteiger partial charge in [0.05, 0.1) is 5.69 Å². The number of nitrogens with two attached hydrogens (primary N) is 1. The van der Waals surface area contributed by atoms with Gasteiger partial charge in [0.1, 0.15) is 0 Å². The lowest BCUT2D eigenvalue weighted by molar-refractivity contribution is 0.773. The highest BCUT2D eigenvalue weighted by Crippen LogP contribution is 2.17. The number of tetrazole rings is 1. The summed E-state index contributed by atoms with van der Waals surface area (Å²) in [6.07, 6.45) is 0. The summed E-state index contributed by atoms with van der Waals surface area (Å²) in [5.41, 5.74) is 8.87. The van der Waals surface area contributed by atoms with E-state index in [4.69, 9.17) is 5.73 Å². The first-order valence-corrected chi connectivity index (χ1v) is 4.78. The molecule has 0 spiro atoms. The Hall–Kier alpha value is -1.75. The number of aromatic nitrogens is 4. The third kappa shape index (κ3) is 1.61. The van der Waals surface area contributed by atoms with Crippen molar-refractivity contribution in [2.75, 3.05) is 0 Å². The molecule has 2 aromatic rings. The van der Waals surface area contributed by atoms with E-state index in [1.165, 1.54) is 0 Å². The molecule has 0 aliphatic rings. The Morgan fingerprint density at radius 2 is 2.13 bits per heavy atom. The lowest BCUT2D eigenvalue weighted by Gasteiger charge is -2.09. The van der Waals surface area contributed by atoms with E-state index in [9.17, 15) is 0 Å². The summed E-state index contributed by atoms with van der Waals surface area (Å²) < 4.78 is 1.72. The first-order chi connectivity index (χ1) is 7.24. The highest BCUT2D eigenvalue weighted by molar-refractivity contribution is 5.44. The minimum absolute atomic E-state index is 0.529. The Morgan fingerprint density at radius 3 is 2.73 bits per heavy atom. The van der Waals surface area contributed by atoms with Crippen LogP contribution < -0.4 is 5.73 Å². The van der Waals surface area contributed by atoms with E-state index in [-0.39, 0.29) is 0 Å². The molecule has 2 rings (SSSR count). The number of benzene rings is 1. The first kappa shape index (κ1) is 9.79. The Balaban J connectivity index is 2.59. The molecule has 0 unspecified atom stereocenters. The molecule has 0 fully saturated rings. The molecule has 0 radical (unpaired) electrons. The molecule has 0 saturated carbocycles. The van der Waals surface area contributed by atoms with E-state index in [2.05, 4.69) is 15.5 Å². The van der Waals surface area contributed by atoms with Gasteiger partial charge < -0.3 is 5.73 Å². The normalized spacial score (nSPS) is 10.6. The van der Waals surface area contributed by atoms with Gasteiger partial charge in [-0.1, -0.05) is 12.1 Å². The largest absolute Gasteiger partial charge is 0.326 e. The second kappa shape index (κ2) is 3.78. The maximum Gasteiger partial charge on any atom is 0.153 e. The molecular weight excluding hydrogens is 190 g/mol. The van der Waals surface area contributed by atoms with Crippen LogP contribution in [0.15, 0.2) is 18.2 Å². The van der Waals surface area contributed by atoms with Crippen molar-refractivity contribution in [1.82, 2.24) is 20.2 Å². The van der Waals surface area contributed by atoms with Gasteiger partial charge in [-0.05, 0) is 41.5 Å². The van der Waals surface area contributed by atoms with Crippen LogP contribution in [0.1, 0.15) is 17.0 Å². The van der Waals surface area contributed by atoms with Crippen LogP contribution in [-0.2, 0) is 6.54 Å². The van der Waals surface area contributed by atoms with Crippen LogP contribution in [0.5, 0.6) is 0 Å². The van der Waals surface area contributed by atoms with Gasteiger partial charge >= 0.3 is 0 Å². The van der Waals surface area contributed by atoms with Gasteiger partial charge in [0.2, 0.25) is 0 Å². The lowest BCUT2D eigenvalue weighted by Crippen LogP contribution is -2.06. The molecule has 0 amide bonds. The molecule has 0 bridgehead atoms. The number of rotatable bonds is 2. The third-order valence-corrected chi connectivity index (χ3v) is 2.49. The number of nitrogens with zero attached hydrogens (tertiary/aromatic N) is 4. The van der Waals surface area contributed by atoms with Crippen LogP contribution in [0.4, 0.5) is 0 Å². The van der Waals surface area contributed by atoms with Crippen molar-refractivity contribution >= 4 is 0 Å². The minimum Gasteiger partial charge on any atom is -0.326 e. The van der Waals surface area contributed by atoms with Gasteiger partial charge in [0.15, 0.2) is 5.82 Å². The van der Waals surface area contributed by atoms with Gasteiger partial charge in [-0.2, -0.15) is 4.68 Å². The lowest BCUT2D eigenvalue weighted by atomic mass is 10.1. The predicted octanol–water partition coefficient (Wildman–Crippen LogP) is 0.738. The molecule has 15 heavy (non-hydrogen) atoms. The first-order valence-electron chi connectivity index (χ1n) is 4.78. The molecule has 0 aliphatic carbocycles. The smallest absolute Gasteiger partial charge is 0.153 e. The van der Waals surface area contributed by atoms with Crippen molar-refractivity contribution in [3.05, 3.63) is 35.2 Å². The average Bonchev–Trinajstić information content (AvgIpc) is 2.65. The zero-order valence-corrected chi connectivity index (χ0v) is 8.81. The summed E-state index contributed by atoms with van der Waals surface area (Å²) in [5, 5.41) is 11.4. The molecule has 5 heteroatoms.